The number of aryl methyl sites for hydroxylation is 1. The van der Waals surface area contributed by atoms with Crippen LogP contribution in [-0.2, 0) is 0 Å². The monoisotopic (exact) mass is 169 g/mol. The average Bonchev–Trinajstić information content (AvgIpc) is 2.03. The van der Waals surface area contributed by atoms with Gasteiger partial charge in [0.1, 0.15) is 12.0 Å². The molecule has 0 bridgehead atoms. The van der Waals surface area contributed by atoms with Crippen LogP contribution in [0, 0.1) is 12.7 Å². The van der Waals surface area contributed by atoms with Gasteiger partial charge in [-0.2, -0.15) is 0 Å². The molecule has 0 radical (unpaired) electrons. The highest BCUT2D eigenvalue weighted by molar-refractivity contribution is 5.24. The predicted octanol–water partition coefficient (Wildman–Crippen LogP) is 1.34. The first-order chi connectivity index (χ1) is 5.65. The molecular weight excluding hydrogens is 157 g/mol. The van der Waals surface area contributed by atoms with E-state index in [0.29, 0.717) is 0 Å². The second-order valence-electron chi connectivity index (χ2n) is 2.72. The van der Waals surface area contributed by atoms with Gasteiger partial charge in [-0.25, -0.2) is 4.39 Å². The molecular formula is C9H12FNO. The fourth-order valence-electron chi connectivity index (χ4n) is 1.01. The van der Waals surface area contributed by atoms with Gasteiger partial charge in [0, 0.05) is 5.56 Å². The van der Waals surface area contributed by atoms with E-state index >= 15 is 0 Å². The van der Waals surface area contributed by atoms with Crippen molar-refractivity contribution in [2.75, 3.05) is 7.05 Å². The van der Waals surface area contributed by atoms with Crippen molar-refractivity contribution < 1.29 is 9.50 Å². The molecule has 1 aromatic carbocycles. The predicted molar refractivity (Wildman–Crippen MR) is 45.2 cm³/mol. The van der Waals surface area contributed by atoms with E-state index in [0.717, 1.165) is 5.56 Å². The third-order valence-electron chi connectivity index (χ3n) is 1.72. The minimum Gasteiger partial charge on any atom is -0.374 e. The lowest BCUT2D eigenvalue weighted by Crippen LogP contribution is -2.16. The zero-order valence-corrected chi connectivity index (χ0v) is 7.13. The van der Waals surface area contributed by atoms with Crippen molar-refractivity contribution in [2.45, 2.75) is 13.2 Å². The van der Waals surface area contributed by atoms with Crippen LogP contribution >= 0.6 is 0 Å². The summed E-state index contributed by atoms with van der Waals surface area (Å²) >= 11 is 0. The Morgan fingerprint density at radius 2 is 2.17 bits per heavy atom. The summed E-state index contributed by atoms with van der Waals surface area (Å²) in [6.07, 6.45) is -0.925. The molecule has 0 aliphatic heterocycles. The van der Waals surface area contributed by atoms with Crippen LogP contribution in [0.2, 0.25) is 0 Å². The zero-order chi connectivity index (χ0) is 9.14. The fourth-order valence-corrected chi connectivity index (χ4v) is 1.01. The summed E-state index contributed by atoms with van der Waals surface area (Å²) in [6.45, 7) is 1.80. The lowest BCUT2D eigenvalue weighted by atomic mass is 10.1. The van der Waals surface area contributed by atoms with Crippen LogP contribution in [0.1, 0.15) is 17.4 Å². The number of halogens is 1. The topological polar surface area (TPSA) is 32.3 Å². The zero-order valence-electron chi connectivity index (χ0n) is 7.13. The summed E-state index contributed by atoms with van der Waals surface area (Å²) < 4.78 is 13.1. The molecule has 0 amide bonds. The SMILES string of the molecule is CNC(O)c1ccc(C)cc1F. The van der Waals surface area contributed by atoms with Crippen molar-refractivity contribution in [3.8, 4) is 0 Å². The van der Waals surface area contributed by atoms with Gasteiger partial charge in [0.15, 0.2) is 0 Å². The first-order valence-corrected chi connectivity index (χ1v) is 3.76. The minimum atomic E-state index is -0.925. The van der Waals surface area contributed by atoms with E-state index in [1.54, 1.807) is 26.1 Å². The van der Waals surface area contributed by atoms with Crippen LogP contribution in [0.15, 0.2) is 18.2 Å². The van der Waals surface area contributed by atoms with Crippen LogP contribution in [0.25, 0.3) is 0 Å². The van der Waals surface area contributed by atoms with Gasteiger partial charge in [0.25, 0.3) is 0 Å². The number of aliphatic hydroxyl groups excluding tert-OH is 1. The molecule has 2 N–H and O–H groups in total. The summed E-state index contributed by atoms with van der Waals surface area (Å²) in [7, 11) is 1.57. The molecule has 0 aliphatic rings. The lowest BCUT2D eigenvalue weighted by Gasteiger charge is -2.10. The van der Waals surface area contributed by atoms with E-state index in [-0.39, 0.29) is 11.4 Å². The molecule has 0 fully saturated rings. The highest BCUT2D eigenvalue weighted by atomic mass is 19.1. The van der Waals surface area contributed by atoms with Crippen LogP contribution in [0.5, 0.6) is 0 Å². The Morgan fingerprint density at radius 3 is 2.67 bits per heavy atom. The first kappa shape index (κ1) is 9.16. The lowest BCUT2D eigenvalue weighted by molar-refractivity contribution is 0.145. The summed E-state index contributed by atoms with van der Waals surface area (Å²) in [5.74, 6) is -0.378. The molecule has 0 heterocycles. The highest BCUT2D eigenvalue weighted by Gasteiger charge is 2.09. The molecule has 0 saturated carbocycles. The van der Waals surface area contributed by atoms with Gasteiger partial charge in [-0.05, 0) is 25.6 Å². The Kier molecular flexibility index (Phi) is 2.78. The minimum absolute atomic E-state index is 0.281. The number of aliphatic hydroxyl groups is 1. The van der Waals surface area contributed by atoms with E-state index in [1.165, 1.54) is 6.07 Å². The number of nitrogens with one attached hydrogen (secondary N) is 1. The summed E-state index contributed by atoms with van der Waals surface area (Å²) in [4.78, 5) is 0. The molecule has 0 aromatic heterocycles. The van der Waals surface area contributed by atoms with Crippen LogP contribution in [0.3, 0.4) is 0 Å². The van der Waals surface area contributed by atoms with E-state index in [4.69, 9.17) is 0 Å². The summed E-state index contributed by atoms with van der Waals surface area (Å²) in [5, 5.41) is 11.8. The Morgan fingerprint density at radius 1 is 1.50 bits per heavy atom. The van der Waals surface area contributed by atoms with Gasteiger partial charge in [-0.1, -0.05) is 12.1 Å². The molecule has 1 unspecified atom stereocenters. The van der Waals surface area contributed by atoms with Gasteiger partial charge in [-0.15, -0.1) is 0 Å². The number of benzene rings is 1. The van der Waals surface area contributed by atoms with Crippen molar-refractivity contribution >= 4 is 0 Å². The van der Waals surface area contributed by atoms with E-state index in [1.807, 2.05) is 0 Å². The summed E-state index contributed by atoms with van der Waals surface area (Å²) in [6, 6.07) is 4.74. The molecule has 1 atom stereocenters. The molecule has 2 nitrogen and oxygen atoms in total. The normalized spacial score (nSPS) is 13.0. The number of hydrogen-bond donors (Lipinski definition) is 2. The highest BCUT2D eigenvalue weighted by Crippen LogP contribution is 2.15. The standard InChI is InChI=1S/C9H12FNO/c1-6-3-4-7(8(10)5-6)9(12)11-2/h3-5,9,11-12H,1-2H3. The third kappa shape index (κ3) is 1.81. The number of rotatable bonds is 2. The van der Waals surface area contributed by atoms with Crippen molar-refractivity contribution in [2.24, 2.45) is 0 Å². The smallest absolute Gasteiger partial charge is 0.133 e. The Balaban J connectivity index is 3.01. The Labute approximate surface area is 71.0 Å². The van der Waals surface area contributed by atoms with Crippen molar-refractivity contribution in [3.63, 3.8) is 0 Å². The average molecular weight is 169 g/mol. The van der Waals surface area contributed by atoms with Gasteiger partial charge in [-0.3, -0.25) is 5.32 Å². The molecule has 0 saturated heterocycles. The molecule has 1 aromatic rings. The fraction of sp³-hybridized carbons (Fsp3) is 0.333. The number of hydrogen-bond acceptors (Lipinski definition) is 2. The maximum Gasteiger partial charge on any atom is 0.133 e. The molecule has 1 rings (SSSR count). The largest absolute Gasteiger partial charge is 0.374 e. The molecule has 0 aliphatic carbocycles. The first-order valence-electron chi connectivity index (χ1n) is 3.76. The molecule has 0 spiro atoms. The second kappa shape index (κ2) is 3.65. The molecule has 12 heavy (non-hydrogen) atoms. The van der Waals surface area contributed by atoms with E-state index in [9.17, 15) is 9.50 Å². The van der Waals surface area contributed by atoms with Crippen LogP contribution in [-0.4, -0.2) is 12.2 Å². The quantitative estimate of drug-likeness (QED) is 0.655. The summed E-state index contributed by atoms with van der Waals surface area (Å²) in [5.41, 5.74) is 1.13. The van der Waals surface area contributed by atoms with Crippen molar-refractivity contribution in [1.82, 2.24) is 5.32 Å². The van der Waals surface area contributed by atoms with Gasteiger partial charge in [0.2, 0.25) is 0 Å². The van der Waals surface area contributed by atoms with Crippen molar-refractivity contribution in [3.05, 3.63) is 35.1 Å². The third-order valence-corrected chi connectivity index (χ3v) is 1.72. The van der Waals surface area contributed by atoms with Crippen LogP contribution < -0.4 is 5.32 Å². The van der Waals surface area contributed by atoms with Gasteiger partial charge >= 0.3 is 0 Å². The second-order valence-corrected chi connectivity index (χ2v) is 2.72. The molecule has 66 valence electrons. The Bertz CT molecular complexity index is 275. The maximum atomic E-state index is 13.1. The maximum absolute atomic E-state index is 13.1. The van der Waals surface area contributed by atoms with Crippen LogP contribution in [0.4, 0.5) is 4.39 Å². The molecule has 3 heteroatoms. The van der Waals surface area contributed by atoms with Crippen molar-refractivity contribution in [1.29, 1.82) is 0 Å². The Hall–Kier alpha value is -0.930. The van der Waals surface area contributed by atoms with Gasteiger partial charge < -0.3 is 5.11 Å². The van der Waals surface area contributed by atoms with Gasteiger partial charge in [0.05, 0.1) is 0 Å². The van der Waals surface area contributed by atoms with E-state index < -0.39 is 6.23 Å². The van der Waals surface area contributed by atoms with E-state index in [2.05, 4.69) is 5.32 Å².